The van der Waals surface area contributed by atoms with E-state index < -0.39 is 62.8 Å². The van der Waals surface area contributed by atoms with Gasteiger partial charge in [0.25, 0.3) is 0 Å². The molecule has 0 spiro atoms. The minimum absolute atomic E-state index is 0.0758. The van der Waals surface area contributed by atoms with Crippen LogP contribution in [0.3, 0.4) is 0 Å². The third-order valence-corrected chi connectivity index (χ3v) is 6.26. The summed E-state index contributed by atoms with van der Waals surface area (Å²) in [6.07, 6.45) is -6.55. The van der Waals surface area contributed by atoms with Gasteiger partial charge in [-0.3, -0.25) is 4.55 Å². The maximum absolute atomic E-state index is 11.1. The standard InChI is InChI=1S/C13H25NO12S3/c1-28(20,21)5-4-7(16)2-3-9(14-26-29(22,23)24)27-13-12(19)11(18)10(17)8(6-15)25-13/h7-8,10-13,15-19H,2-6H2,1H3,(H,22,23,24). The Morgan fingerprint density at radius 2 is 1.76 bits per heavy atom. The number of aliphatic hydroxyl groups excluding tert-OH is 5. The topological polar surface area (TPSA) is 220 Å². The third kappa shape index (κ3) is 9.86. The number of aliphatic hydroxyl groups is 5. The van der Waals surface area contributed by atoms with Gasteiger partial charge in [-0.15, -0.1) is 0 Å². The van der Waals surface area contributed by atoms with Crippen LogP contribution >= 0.6 is 11.8 Å². The number of rotatable bonds is 10. The molecule has 1 aliphatic heterocycles. The summed E-state index contributed by atoms with van der Waals surface area (Å²) in [6.45, 7) is -0.680. The fourth-order valence-corrected chi connectivity index (χ4v) is 4.31. The van der Waals surface area contributed by atoms with Gasteiger partial charge in [0.1, 0.15) is 44.7 Å². The first-order valence-corrected chi connectivity index (χ1v) is 12.6. The molecule has 0 radical (unpaired) electrons. The van der Waals surface area contributed by atoms with Crippen molar-refractivity contribution < 1.29 is 55.9 Å². The van der Waals surface area contributed by atoms with E-state index in [1.165, 1.54) is 0 Å². The first kappa shape index (κ1) is 26.5. The highest BCUT2D eigenvalue weighted by atomic mass is 32.3. The number of hydrogen-bond acceptors (Lipinski definition) is 13. The lowest BCUT2D eigenvalue weighted by atomic mass is 10.0. The van der Waals surface area contributed by atoms with E-state index in [0.29, 0.717) is 11.8 Å². The Kier molecular flexibility index (Phi) is 10.2. The fourth-order valence-electron chi connectivity index (χ4n) is 2.30. The smallest absolute Gasteiger partial charge is 0.394 e. The fraction of sp³-hybridized carbons (Fsp3) is 0.923. The van der Waals surface area contributed by atoms with Crippen LogP contribution in [0.15, 0.2) is 5.16 Å². The average Bonchev–Trinajstić information content (AvgIpc) is 2.60. The van der Waals surface area contributed by atoms with Crippen LogP contribution in [0.1, 0.15) is 19.3 Å². The lowest BCUT2D eigenvalue weighted by Gasteiger charge is -2.39. The van der Waals surface area contributed by atoms with E-state index in [1.807, 2.05) is 0 Å². The van der Waals surface area contributed by atoms with Gasteiger partial charge < -0.3 is 30.3 Å². The zero-order chi connectivity index (χ0) is 22.4. The zero-order valence-electron chi connectivity index (χ0n) is 15.3. The second-order valence-electron chi connectivity index (χ2n) is 6.41. The summed E-state index contributed by atoms with van der Waals surface area (Å²) in [6, 6.07) is 0. The first-order chi connectivity index (χ1) is 13.2. The van der Waals surface area contributed by atoms with Crippen LogP contribution in [-0.2, 0) is 29.3 Å². The van der Waals surface area contributed by atoms with Crippen molar-refractivity contribution in [1.29, 1.82) is 0 Å². The normalized spacial score (nSPS) is 30.2. The summed E-state index contributed by atoms with van der Waals surface area (Å²) in [5.41, 5.74) is -1.30. The van der Waals surface area contributed by atoms with Gasteiger partial charge in [0, 0.05) is 12.7 Å². The molecule has 6 N–H and O–H groups in total. The number of thioether (sulfide) groups is 1. The van der Waals surface area contributed by atoms with Crippen molar-refractivity contribution in [1.82, 2.24) is 0 Å². The molecule has 0 aromatic heterocycles. The lowest BCUT2D eigenvalue weighted by molar-refractivity contribution is -0.205. The van der Waals surface area contributed by atoms with Gasteiger partial charge >= 0.3 is 10.4 Å². The van der Waals surface area contributed by atoms with Crippen LogP contribution in [0.5, 0.6) is 0 Å². The van der Waals surface area contributed by atoms with Crippen molar-refractivity contribution in [2.45, 2.75) is 55.2 Å². The van der Waals surface area contributed by atoms with E-state index >= 15 is 0 Å². The molecule has 0 saturated carbocycles. The lowest BCUT2D eigenvalue weighted by Crippen LogP contribution is -2.57. The van der Waals surface area contributed by atoms with Crippen molar-refractivity contribution in [2.75, 3.05) is 18.6 Å². The maximum atomic E-state index is 11.1. The Morgan fingerprint density at radius 1 is 1.14 bits per heavy atom. The van der Waals surface area contributed by atoms with E-state index in [1.54, 1.807) is 0 Å². The number of ether oxygens (including phenoxy) is 1. The van der Waals surface area contributed by atoms with E-state index in [0.717, 1.165) is 6.26 Å². The molecule has 13 nitrogen and oxygen atoms in total. The number of sulfone groups is 1. The van der Waals surface area contributed by atoms with Gasteiger partial charge in [0.05, 0.1) is 18.5 Å². The summed E-state index contributed by atoms with van der Waals surface area (Å²) >= 11 is 0.571. The molecular formula is C13H25NO12S3. The Morgan fingerprint density at radius 3 is 2.28 bits per heavy atom. The molecule has 6 unspecified atom stereocenters. The summed E-state index contributed by atoms with van der Waals surface area (Å²) in [4.78, 5) is 0. The molecule has 0 aliphatic carbocycles. The van der Waals surface area contributed by atoms with Crippen molar-refractivity contribution in [3.8, 4) is 0 Å². The largest absolute Gasteiger partial charge is 0.466 e. The molecule has 1 rings (SSSR count). The molecule has 1 heterocycles. The molecule has 29 heavy (non-hydrogen) atoms. The summed E-state index contributed by atoms with van der Waals surface area (Å²) < 4.78 is 61.6. The first-order valence-electron chi connectivity index (χ1n) is 8.29. The van der Waals surface area contributed by atoms with Gasteiger partial charge in [0.2, 0.25) is 0 Å². The summed E-state index contributed by atoms with van der Waals surface area (Å²) in [7, 11) is -8.25. The van der Waals surface area contributed by atoms with Crippen LogP contribution in [0.2, 0.25) is 0 Å². The Labute approximate surface area is 172 Å². The van der Waals surface area contributed by atoms with Gasteiger partial charge in [-0.1, -0.05) is 16.9 Å². The second-order valence-corrected chi connectivity index (χ2v) is 10.8. The highest BCUT2D eigenvalue weighted by Crippen LogP contribution is 2.30. The molecule has 0 amide bonds. The Balaban J connectivity index is 2.84. The Bertz CT molecular complexity index is 753. The molecule has 6 atom stereocenters. The molecule has 16 heteroatoms. The van der Waals surface area contributed by atoms with Crippen LogP contribution < -0.4 is 0 Å². The highest BCUT2D eigenvalue weighted by Gasteiger charge is 2.44. The van der Waals surface area contributed by atoms with Crippen LogP contribution in [0, 0.1) is 0 Å². The van der Waals surface area contributed by atoms with E-state index in [9.17, 15) is 42.4 Å². The molecule has 1 aliphatic rings. The maximum Gasteiger partial charge on any atom is 0.466 e. The molecule has 1 saturated heterocycles. The summed E-state index contributed by atoms with van der Waals surface area (Å²) in [5.74, 6) is -0.276. The van der Waals surface area contributed by atoms with Crippen molar-refractivity contribution in [2.24, 2.45) is 5.16 Å². The quantitative estimate of drug-likeness (QED) is 0.0802. The molecule has 0 aromatic carbocycles. The molecular weight excluding hydrogens is 458 g/mol. The number of oxime groups is 1. The van der Waals surface area contributed by atoms with Gasteiger partial charge in [-0.05, 0) is 12.8 Å². The van der Waals surface area contributed by atoms with Crippen LogP contribution in [-0.4, -0.2) is 107 Å². The minimum Gasteiger partial charge on any atom is -0.394 e. The zero-order valence-corrected chi connectivity index (χ0v) is 17.8. The van der Waals surface area contributed by atoms with E-state index in [2.05, 4.69) is 9.44 Å². The monoisotopic (exact) mass is 483 g/mol. The Hall–Kier alpha value is -0.560. The minimum atomic E-state index is -4.95. The second kappa shape index (κ2) is 11.2. The predicted octanol–water partition coefficient (Wildman–Crippen LogP) is -2.77. The molecule has 172 valence electrons. The van der Waals surface area contributed by atoms with Gasteiger partial charge in [-0.25, -0.2) is 12.7 Å². The van der Waals surface area contributed by atoms with Crippen molar-refractivity contribution in [3.05, 3.63) is 0 Å². The van der Waals surface area contributed by atoms with Crippen molar-refractivity contribution >= 4 is 37.0 Å². The predicted molar refractivity (Wildman–Crippen MR) is 101 cm³/mol. The SMILES string of the molecule is CS(=O)(=O)CCC(O)CCC(=NOS(=O)(=O)O)SC1OC(CO)C(O)C(O)C1O. The van der Waals surface area contributed by atoms with E-state index in [-0.39, 0.29) is 30.1 Å². The van der Waals surface area contributed by atoms with Gasteiger partial charge in [0.15, 0.2) is 0 Å². The van der Waals surface area contributed by atoms with E-state index in [4.69, 9.17) is 9.29 Å². The molecule has 0 aromatic rings. The molecule has 1 fully saturated rings. The third-order valence-electron chi connectivity index (χ3n) is 3.85. The van der Waals surface area contributed by atoms with Gasteiger partial charge in [-0.2, -0.15) is 8.42 Å². The van der Waals surface area contributed by atoms with Crippen LogP contribution in [0.4, 0.5) is 0 Å². The highest BCUT2D eigenvalue weighted by molar-refractivity contribution is 8.14. The molecule has 0 bridgehead atoms. The van der Waals surface area contributed by atoms with Crippen LogP contribution in [0.25, 0.3) is 0 Å². The number of hydrogen-bond donors (Lipinski definition) is 6. The average molecular weight is 484 g/mol. The summed E-state index contributed by atoms with van der Waals surface area (Å²) in [5, 5.41) is 51.7. The van der Waals surface area contributed by atoms with Crippen molar-refractivity contribution in [3.63, 3.8) is 0 Å². The number of nitrogens with zero attached hydrogens (tertiary/aromatic N) is 1.